The number of hydrogen-bond acceptors (Lipinski definition) is 4. The molecule has 0 bridgehead atoms. The van der Waals surface area contributed by atoms with Crippen molar-refractivity contribution < 1.29 is 14.3 Å². The number of nitrogens with one attached hydrogen (secondary N) is 1. The first-order valence-corrected chi connectivity index (χ1v) is 6.49. The summed E-state index contributed by atoms with van der Waals surface area (Å²) in [5.41, 5.74) is 0. The summed E-state index contributed by atoms with van der Waals surface area (Å²) in [6.07, 6.45) is 2.11. The zero-order valence-electron chi connectivity index (χ0n) is 10.5. The van der Waals surface area contributed by atoms with Gasteiger partial charge in [0.25, 0.3) is 0 Å². The number of morpholine rings is 1. The molecule has 1 amide bonds. The van der Waals surface area contributed by atoms with E-state index < -0.39 is 0 Å². The minimum atomic E-state index is -0.189. The van der Waals surface area contributed by atoms with E-state index in [1.807, 2.05) is 4.90 Å². The van der Waals surface area contributed by atoms with E-state index in [1.54, 1.807) is 0 Å². The van der Waals surface area contributed by atoms with Gasteiger partial charge in [-0.2, -0.15) is 0 Å². The minimum Gasteiger partial charge on any atom is -0.447 e. The fourth-order valence-corrected chi connectivity index (χ4v) is 2.34. The Hall–Kier alpha value is -0.810. The van der Waals surface area contributed by atoms with Crippen molar-refractivity contribution >= 4 is 6.09 Å². The molecule has 2 atom stereocenters. The van der Waals surface area contributed by atoms with E-state index in [-0.39, 0.29) is 12.2 Å². The van der Waals surface area contributed by atoms with Crippen molar-refractivity contribution in [3.8, 4) is 0 Å². The maximum atomic E-state index is 11.8. The number of ether oxygens (including phenoxy) is 2. The Balaban J connectivity index is 1.69. The molecule has 5 nitrogen and oxygen atoms in total. The van der Waals surface area contributed by atoms with Crippen LogP contribution in [0.25, 0.3) is 0 Å². The molecule has 98 valence electrons. The van der Waals surface area contributed by atoms with Gasteiger partial charge in [0.1, 0.15) is 12.7 Å². The highest BCUT2D eigenvalue weighted by molar-refractivity contribution is 5.67. The lowest BCUT2D eigenvalue weighted by Gasteiger charge is -2.31. The van der Waals surface area contributed by atoms with Crippen LogP contribution in [0.1, 0.15) is 19.8 Å². The van der Waals surface area contributed by atoms with Gasteiger partial charge in [0.2, 0.25) is 0 Å². The van der Waals surface area contributed by atoms with Crippen molar-refractivity contribution in [1.82, 2.24) is 10.2 Å². The molecule has 17 heavy (non-hydrogen) atoms. The summed E-state index contributed by atoms with van der Waals surface area (Å²) in [5, 5.41) is 3.22. The number of nitrogens with zero attached hydrogens (tertiary/aromatic N) is 1. The SMILES string of the molecule is CC1CCCN(C(=O)OCC2CNCCO2)C1. The average Bonchev–Trinajstić information content (AvgIpc) is 2.37. The van der Waals surface area contributed by atoms with Gasteiger partial charge in [-0.05, 0) is 18.8 Å². The molecule has 0 radical (unpaired) electrons. The highest BCUT2D eigenvalue weighted by atomic mass is 16.6. The first kappa shape index (κ1) is 12.6. The number of rotatable bonds is 2. The molecule has 0 aromatic carbocycles. The first-order valence-electron chi connectivity index (χ1n) is 6.49. The Morgan fingerprint density at radius 1 is 1.59 bits per heavy atom. The van der Waals surface area contributed by atoms with Crippen LogP contribution >= 0.6 is 0 Å². The van der Waals surface area contributed by atoms with E-state index in [0.717, 1.165) is 32.6 Å². The van der Waals surface area contributed by atoms with Crippen LogP contribution in [0.5, 0.6) is 0 Å². The van der Waals surface area contributed by atoms with Crippen molar-refractivity contribution in [1.29, 1.82) is 0 Å². The molecule has 2 rings (SSSR count). The number of hydrogen-bond donors (Lipinski definition) is 1. The second-order valence-electron chi connectivity index (χ2n) is 4.97. The van der Waals surface area contributed by atoms with Gasteiger partial charge in [-0.15, -0.1) is 0 Å². The smallest absolute Gasteiger partial charge is 0.409 e. The van der Waals surface area contributed by atoms with E-state index in [1.165, 1.54) is 6.42 Å². The van der Waals surface area contributed by atoms with Crippen LogP contribution in [0.2, 0.25) is 0 Å². The average molecular weight is 242 g/mol. The molecule has 0 aromatic rings. The van der Waals surface area contributed by atoms with Gasteiger partial charge < -0.3 is 19.7 Å². The third kappa shape index (κ3) is 3.85. The lowest BCUT2D eigenvalue weighted by atomic mass is 10.0. The molecule has 0 aromatic heterocycles. The third-order valence-electron chi connectivity index (χ3n) is 3.31. The Morgan fingerprint density at radius 3 is 3.18 bits per heavy atom. The molecule has 0 aliphatic carbocycles. The summed E-state index contributed by atoms with van der Waals surface area (Å²) in [6, 6.07) is 0. The second kappa shape index (κ2) is 6.21. The van der Waals surface area contributed by atoms with Crippen LogP contribution in [-0.2, 0) is 9.47 Å². The molecule has 1 N–H and O–H groups in total. The zero-order valence-corrected chi connectivity index (χ0v) is 10.5. The Bertz CT molecular complexity index is 254. The topological polar surface area (TPSA) is 50.8 Å². The van der Waals surface area contributed by atoms with Crippen molar-refractivity contribution in [2.75, 3.05) is 39.4 Å². The zero-order chi connectivity index (χ0) is 12.1. The predicted octanol–water partition coefficient (Wildman–Crippen LogP) is 0.843. The normalized spacial score (nSPS) is 30.1. The maximum absolute atomic E-state index is 11.8. The Kier molecular flexibility index (Phi) is 4.62. The molecular weight excluding hydrogens is 220 g/mol. The van der Waals surface area contributed by atoms with Crippen molar-refractivity contribution in [3.05, 3.63) is 0 Å². The highest BCUT2D eigenvalue weighted by Crippen LogP contribution is 2.16. The van der Waals surface area contributed by atoms with Gasteiger partial charge in [0, 0.05) is 26.2 Å². The lowest BCUT2D eigenvalue weighted by Crippen LogP contribution is -2.44. The molecule has 2 aliphatic heterocycles. The second-order valence-corrected chi connectivity index (χ2v) is 4.97. The summed E-state index contributed by atoms with van der Waals surface area (Å²) >= 11 is 0. The fraction of sp³-hybridized carbons (Fsp3) is 0.917. The molecule has 0 saturated carbocycles. The number of piperidine rings is 1. The summed E-state index contributed by atoms with van der Waals surface area (Å²) < 4.78 is 10.8. The molecule has 2 heterocycles. The minimum absolute atomic E-state index is 0.00918. The van der Waals surface area contributed by atoms with Crippen LogP contribution in [0.4, 0.5) is 4.79 Å². The van der Waals surface area contributed by atoms with Gasteiger partial charge in [0.15, 0.2) is 0 Å². The van der Waals surface area contributed by atoms with Crippen LogP contribution in [-0.4, -0.2) is 56.5 Å². The van der Waals surface area contributed by atoms with Crippen LogP contribution in [0.3, 0.4) is 0 Å². The van der Waals surface area contributed by atoms with Crippen LogP contribution in [0, 0.1) is 5.92 Å². The molecule has 0 spiro atoms. The van der Waals surface area contributed by atoms with E-state index >= 15 is 0 Å². The largest absolute Gasteiger partial charge is 0.447 e. The van der Waals surface area contributed by atoms with Crippen LogP contribution in [0.15, 0.2) is 0 Å². The van der Waals surface area contributed by atoms with Gasteiger partial charge in [-0.3, -0.25) is 0 Å². The van der Waals surface area contributed by atoms with Gasteiger partial charge in [0.05, 0.1) is 6.61 Å². The summed E-state index contributed by atoms with van der Waals surface area (Å²) in [6.45, 7) is 6.53. The first-order chi connectivity index (χ1) is 8.25. The molecule has 5 heteroatoms. The summed E-state index contributed by atoms with van der Waals surface area (Å²) in [5.74, 6) is 0.587. The maximum Gasteiger partial charge on any atom is 0.409 e. The fourth-order valence-electron chi connectivity index (χ4n) is 2.34. The molecule has 2 saturated heterocycles. The quantitative estimate of drug-likeness (QED) is 0.779. The third-order valence-corrected chi connectivity index (χ3v) is 3.31. The molecule has 2 unspecified atom stereocenters. The monoisotopic (exact) mass is 242 g/mol. The predicted molar refractivity (Wildman–Crippen MR) is 63.9 cm³/mol. The number of carbonyl (C=O) groups is 1. The molecular formula is C12H22N2O3. The lowest BCUT2D eigenvalue weighted by molar-refractivity contribution is -0.0202. The molecule has 2 fully saturated rings. The number of carbonyl (C=O) groups excluding carboxylic acids is 1. The van der Waals surface area contributed by atoms with Crippen molar-refractivity contribution in [3.63, 3.8) is 0 Å². The van der Waals surface area contributed by atoms with Gasteiger partial charge in [-0.25, -0.2) is 4.79 Å². The number of amides is 1. The van der Waals surface area contributed by atoms with Crippen molar-refractivity contribution in [2.24, 2.45) is 5.92 Å². The standard InChI is InChI=1S/C12H22N2O3/c1-10-3-2-5-14(8-10)12(15)17-9-11-7-13-4-6-16-11/h10-11,13H,2-9H2,1H3. The number of likely N-dealkylation sites (tertiary alicyclic amines) is 1. The van der Waals surface area contributed by atoms with E-state index in [9.17, 15) is 4.79 Å². The molecule has 2 aliphatic rings. The van der Waals surface area contributed by atoms with Crippen molar-refractivity contribution in [2.45, 2.75) is 25.9 Å². The Morgan fingerprint density at radius 2 is 2.47 bits per heavy atom. The Labute approximate surface area is 102 Å². The van der Waals surface area contributed by atoms with Gasteiger partial charge in [-0.1, -0.05) is 6.92 Å². The summed E-state index contributed by atoms with van der Waals surface area (Å²) in [7, 11) is 0. The highest BCUT2D eigenvalue weighted by Gasteiger charge is 2.23. The van der Waals surface area contributed by atoms with E-state index in [2.05, 4.69) is 12.2 Å². The van der Waals surface area contributed by atoms with Crippen LogP contribution < -0.4 is 5.32 Å². The van der Waals surface area contributed by atoms with Gasteiger partial charge >= 0.3 is 6.09 Å². The van der Waals surface area contributed by atoms with E-state index in [4.69, 9.17) is 9.47 Å². The van der Waals surface area contributed by atoms with E-state index in [0.29, 0.717) is 19.1 Å². The summed E-state index contributed by atoms with van der Waals surface area (Å²) in [4.78, 5) is 13.6.